The predicted molar refractivity (Wildman–Crippen MR) is 203 cm³/mol. The zero-order valence-corrected chi connectivity index (χ0v) is 34.6. The Morgan fingerprint density at radius 2 is 1.34 bits per heavy atom. The van der Waals surface area contributed by atoms with Crippen LogP contribution in [-0.4, -0.2) is 100.0 Å². The van der Waals surface area contributed by atoms with E-state index in [0.717, 1.165) is 38.6 Å². The van der Waals surface area contributed by atoms with Crippen molar-refractivity contribution in [3.63, 3.8) is 0 Å². The van der Waals surface area contributed by atoms with Crippen molar-refractivity contribution in [3.05, 3.63) is 0 Å². The van der Waals surface area contributed by atoms with Gasteiger partial charge in [0.1, 0.15) is 18.1 Å². The molecule has 53 heavy (non-hydrogen) atoms. The minimum atomic E-state index is -1.01. The zero-order valence-electron chi connectivity index (χ0n) is 34.6. The number of fused-ring (bicyclic) bond motifs is 1. The van der Waals surface area contributed by atoms with Crippen molar-refractivity contribution in [3.8, 4) is 0 Å². The van der Waals surface area contributed by atoms with Gasteiger partial charge in [0.15, 0.2) is 0 Å². The van der Waals surface area contributed by atoms with Crippen LogP contribution in [0.15, 0.2) is 0 Å². The Balaban J connectivity index is 1.40. The van der Waals surface area contributed by atoms with Gasteiger partial charge in [0.2, 0.25) is 29.4 Å². The zero-order chi connectivity index (χ0) is 39.7. The van der Waals surface area contributed by atoms with Gasteiger partial charge in [-0.15, -0.1) is 0 Å². The van der Waals surface area contributed by atoms with Crippen molar-refractivity contribution in [1.29, 1.82) is 0 Å². The first kappa shape index (κ1) is 41.1. The van der Waals surface area contributed by atoms with E-state index >= 15 is 0 Å². The maximum Gasteiger partial charge on any atom is 0.289 e. The third-order valence-electron chi connectivity index (χ3n) is 13.7. The lowest BCUT2D eigenvalue weighted by Crippen LogP contribution is -2.66. The van der Waals surface area contributed by atoms with E-state index in [1.807, 2.05) is 48.5 Å². The van der Waals surface area contributed by atoms with Crippen LogP contribution in [0.1, 0.15) is 141 Å². The predicted octanol–water partition coefficient (Wildman–Crippen LogP) is 3.85. The molecule has 0 aromatic carbocycles. The normalized spacial score (nSPS) is 27.9. The summed E-state index contributed by atoms with van der Waals surface area (Å²) in [7, 11) is 0. The van der Waals surface area contributed by atoms with Gasteiger partial charge in [0, 0.05) is 30.1 Å². The average molecular weight is 741 g/mol. The lowest BCUT2D eigenvalue weighted by atomic mass is 9.73. The van der Waals surface area contributed by atoms with Crippen LogP contribution in [0, 0.1) is 27.1 Å². The summed E-state index contributed by atoms with van der Waals surface area (Å²) in [5, 5.41) is 11.8. The maximum absolute atomic E-state index is 15.0. The van der Waals surface area contributed by atoms with Crippen molar-refractivity contribution < 1.29 is 28.8 Å². The summed E-state index contributed by atoms with van der Waals surface area (Å²) < 4.78 is 0. The minimum Gasteiger partial charge on any atom is -0.347 e. The molecule has 2 aliphatic heterocycles. The number of likely N-dealkylation sites (tertiary alicyclic amines) is 2. The number of nitrogens with one attached hydrogen (secondary N) is 4. The van der Waals surface area contributed by atoms with Crippen molar-refractivity contribution in [2.24, 2.45) is 27.1 Å². The molecule has 5 amide bonds. The molecule has 5 rings (SSSR count). The van der Waals surface area contributed by atoms with E-state index in [-0.39, 0.29) is 45.7 Å². The molecule has 6 atom stereocenters. The van der Waals surface area contributed by atoms with Crippen LogP contribution in [0.4, 0.5) is 0 Å². The summed E-state index contributed by atoms with van der Waals surface area (Å²) in [5.41, 5.74) is -1.95. The lowest BCUT2D eigenvalue weighted by molar-refractivity contribution is -0.146. The van der Waals surface area contributed by atoms with E-state index in [2.05, 4.69) is 60.8 Å². The van der Waals surface area contributed by atoms with Gasteiger partial charge in [0.05, 0.1) is 12.1 Å². The monoisotopic (exact) mass is 741 g/mol. The molecule has 0 radical (unpaired) electrons. The summed E-state index contributed by atoms with van der Waals surface area (Å²) in [6.07, 6.45) is 6.91. The molecule has 12 heteroatoms. The second kappa shape index (κ2) is 13.9. The van der Waals surface area contributed by atoms with Crippen LogP contribution in [-0.2, 0) is 28.8 Å². The molecule has 298 valence electrons. The quantitative estimate of drug-likeness (QED) is 0.222. The van der Waals surface area contributed by atoms with Crippen LogP contribution in [0.2, 0.25) is 0 Å². The van der Waals surface area contributed by atoms with Gasteiger partial charge in [-0.25, -0.2) is 0 Å². The number of nitrogens with zero attached hydrogens (tertiary/aromatic N) is 2. The molecule has 2 saturated heterocycles. The molecule has 4 N–H and O–H groups in total. The number of rotatable bonds is 12. The number of carbonyl (C=O) groups is 6. The molecule has 0 bridgehead atoms. The summed E-state index contributed by atoms with van der Waals surface area (Å²) >= 11 is 0. The first-order valence-corrected chi connectivity index (χ1v) is 20.2. The fourth-order valence-electron chi connectivity index (χ4n) is 9.95. The third kappa shape index (κ3) is 7.39. The molecule has 2 spiro atoms. The van der Waals surface area contributed by atoms with Crippen LogP contribution in [0.25, 0.3) is 0 Å². The smallest absolute Gasteiger partial charge is 0.289 e. The minimum absolute atomic E-state index is 0.00938. The van der Waals surface area contributed by atoms with Crippen molar-refractivity contribution in [2.75, 3.05) is 13.1 Å². The molecule has 3 saturated carbocycles. The first-order valence-electron chi connectivity index (χ1n) is 20.2. The average Bonchev–Trinajstić information content (AvgIpc) is 3.80. The highest BCUT2D eigenvalue weighted by molar-refractivity contribution is 6.38. The molecule has 0 aromatic heterocycles. The molecule has 5 fully saturated rings. The fourth-order valence-corrected chi connectivity index (χ4v) is 9.95. The van der Waals surface area contributed by atoms with Crippen LogP contribution in [0.3, 0.4) is 0 Å². The first-order chi connectivity index (χ1) is 24.3. The second-order valence-electron chi connectivity index (χ2n) is 20.6. The summed E-state index contributed by atoms with van der Waals surface area (Å²) in [5.74, 6) is -2.81. The summed E-state index contributed by atoms with van der Waals surface area (Å²) in [4.78, 5) is 87.1. The molecule has 2 unspecified atom stereocenters. The molecule has 3 aliphatic carbocycles. The van der Waals surface area contributed by atoms with E-state index in [1.165, 1.54) is 0 Å². The standard InChI is InChI=1S/C41H68N6O6/c1-13-15-25(28(48)33(51)42-24-16-17-24)43-32(50)27-22-41(39(11,12)40(41)19-14-20-40)23-46(27)35(53)30(37(5,6)7)45-34(52)29(36(2,3)4)44-31(49)26-18-21-47(26)38(8,9)10/h24-27,29-30H,13-23H2,1-12H3,(H,42,51)(H,43,50)(H,44,49)(H,45,52)/t25-,26?,27-,29?,30+,41+/m0/s1. The number of hydrogen-bond acceptors (Lipinski definition) is 7. The van der Waals surface area contributed by atoms with Gasteiger partial charge in [0.25, 0.3) is 5.91 Å². The fraction of sp³-hybridized carbons (Fsp3) is 0.854. The SMILES string of the molecule is CCC[C@H](NC(=O)[C@@H]1C[C@@]2(CN1C(=O)[C@@H](NC(=O)C(NC(=O)C1CCN1C(C)(C)C)C(C)(C)C)C(C)(C)C)C(C)(C)C21CCC1)C(=O)C(=O)NC1CC1. The number of ketones is 1. The third-order valence-corrected chi connectivity index (χ3v) is 13.7. The second-order valence-corrected chi connectivity index (χ2v) is 20.6. The van der Waals surface area contributed by atoms with Crippen LogP contribution in [0.5, 0.6) is 0 Å². The van der Waals surface area contributed by atoms with Gasteiger partial charge < -0.3 is 26.2 Å². The Morgan fingerprint density at radius 3 is 1.77 bits per heavy atom. The van der Waals surface area contributed by atoms with E-state index in [9.17, 15) is 28.8 Å². The molecule has 0 aromatic rings. The Morgan fingerprint density at radius 1 is 0.755 bits per heavy atom. The molecule has 5 aliphatic rings. The Hall–Kier alpha value is -3.02. The molecular formula is C41H68N6O6. The van der Waals surface area contributed by atoms with E-state index in [4.69, 9.17) is 0 Å². The summed E-state index contributed by atoms with van der Waals surface area (Å²) in [6.45, 7) is 25.1. The number of Topliss-reactive ketones (excluding diaryl/α,β-unsaturated/α-hetero) is 1. The van der Waals surface area contributed by atoms with Gasteiger partial charge in [-0.3, -0.25) is 33.7 Å². The van der Waals surface area contributed by atoms with Crippen LogP contribution >= 0.6 is 0 Å². The van der Waals surface area contributed by atoms with E-state index in [0.29, 0.717) is 32.2 Å². The van der Waals surface area contributed by atoms with E-state index in [1.54, 1.807) is 4.90 Å². The lowest BCUT2D eigenvalue weighted by Gasteiger charge is -2.49. The van der Waals surface area contributed by atoms with Gasteiger partial charge in [-0.05, 0) is 87.4 Å². The number of amides is 5. The van der Waals surface area contributed by atoms with Crippen molar-refractivity contribution in [1.82, 2.24) is 31.1 Å². The highest BCUT2D eigenvalue weighted by Crippen LogP contribution is 2.88. The largest absolute Gasteiger partial charge is 0.347 e. The maximum atomic E-state index is 15.0. The Labute approximate surface area is 317 Å². The molecule has 12 nitrogen and oxygen atoms in total. The van der Waals surface area contributed by atoms with Crippen molar-refractivity contribution >= 4 is 35.3 Å². The summed E-state index contributed by atoms with van der Waals surface area (Å²) in [6, 6.07) is -4.12. The van der Waals surface area contributed by atoms with Gasteiger partial charge in [-0.1, -0.05) is 75.2 Å². The van der Waals surface area contributed by atoms with E-state index < -0.39 is 58.5 Å². The topological polar surface area (TPSA) is 157 Å². The number of carbonyl (C=O) groups excluding carboxylic acids is 6. The Kier molecular flexibility index (Phi) is 10.8. The van der Waals surface area contributed by atoms with Gasteiger partial charge in [-0.2, -0.15) is 0 Å². The van der Waals surface area contributed by atoms with Crippen molar-refractivity contribution in [2.45, 2.75) is 183 Å². The van der Waals surface area contributed by atoms with Gasteiger partial charge >= 0.3 is 0 Å². The molecule has 2 heterocycles. The highest BCUT2D eigenvalue weighted by atomic mass is 16.2. The molecular weight excluding hydrogens is 672 g/mol. The highest BCUT2D eigenvalue weighted by Gasteiger charge is 2.85. The Bertz CT molecular complexity index is 1490. The van der Waals surface area contributed by atoms with Crippen LogP contribution < -0.4 is 21.3 Å². The number of hydrogen-bond donors (Lipinski definition) is 4.